The van der Waals surface area contributed by atoms with Crippen molar-refractivity contribution in [3.8, 4) is 5.75 Å². The number of amides is 1. The maximum Gasteiger partial charge on any atom is 0.267 e. The SMILES string of the molecule is CCSc1nnc(NC(=O)C(CC)Oc2ccc(N(C)S(C)(=O)=O)cc2)s1. The van der Waals surface area contributed by atoms with Crippen LogP contribution in [0.1, 0.15) is 20.3 Å². The van der Waals surface area contributed by atoms with Crippen LogP contribution in [0.15, 0.2) is 28.6 Å². The summed E-state index contributed by atoms with van der Waals surface area (Å²) in [5.41, 5.74) is 0.511. The van der Waals surface area contributed by atoms with Crippen molar-refractivity contribution in [3.05, 3.63) is 24.3 Å². The van der Waals surface area contributed by atoms with Gasteiger partial charge < -0.3 is 4.74 Å². The standard InChI is InChI=1S/C16H22N4O4S3/c1-5-13(14(21)17-15-18-19-16(26-15)25-6-2)24-12-9-7-11(8-10-12)20(3)27(4,22)23/h7-10,13H,5-6H2,1-4H3,(H,17,18,21). The van der Waals surface area contributed by atoms with Gasteiger partial charge in [-0.1, -0.05) is 36.9 Å². The molecule has 0 aliphatic rings. The molecule has 0 spiro atoms. The number of hydrogen-bond acceptors (Lipinski definition) is 8. The van der Waals surface area contributed by atoms with Gasteiger partial charge in [0, 0.05) is 7.05 Å². The highest BCUT2D eigenvalue weighted by molar-refractivity contribution is 8.01. The summed E-state index contributed by atoms with van der Waals surface area (Å²) >= 11 is 2.88. The van der Waals surface area contributed by atoms with Crippen LogP contribution in [-0.4, -0.2) is 49.7 Å². The monoisotopic (exact) mass is 430 g/mol. The lowest BCUT2D eigenvalue weighted by Crippen LogP contribution is -2.32. The maximum absolute atomic E-state index is 12.4. The number of carbonyl (C=O) groups excluding carboxylic acids is 1. The first kappa shape index (κ1) is 21.5. The third-order valence-electron chi connectivity index (χ3n) is 3.54. The summed E-state index contributed by atoms with van der Waals surface area (Å²) in [4.78, 5) is 12.4. The Morgan fingerprint density at radius 1 is 1.30 bits per heavy atom. The molecule has 0 aliphatic heterocycles. The fourth-order valence-corrected chi connectivity index (χ4v) is 4.20. The summed E-state index contributed by atoms with van der Waals surface area (Å²) in [6.45, 7) is 3.86. The molecule has 1 heterocycles. The number of ether oxygens (including phenoxy) is 1. The number of thioether (sulfide) groups is 1. The summed E-state index contributed by atoms with van der Waals surface area (Å²) in [6, 6.07) is 6.52. The molecule has 0 radical (unpaired) electrons. The van der Waals surface area contributed by atoms with Crippen LogP contribution in [0.25, 0.3) is 0 Å². The first-order valence-corrected chi connectivity index (χ1v) is 11.9. The lowest BCUT2D eigenvalue weighted by molar-refractivity contribution is -0.122. The van der Waals surface area contributed by atoms with Crippen LogP contribution in [0.5, 0.6) is 5.75 Å². The zero-order valence-corrected chi connectivity index (χ0v) is 17.9. The van der Waals surface area contributed by atoms with E-state index in [1.54, 1.807) is 36.0 Å². The molecule has 1 unspecified atom stereocenters. The molecule has 11 heteroatoms. The van der Waals surface area contributed by atoms with Crippen LogP contribution in [0.3, 0.4) is 0 Å². The molecule has 1 aromatic heterocycles. The summed E-state index contributed by atoms with van der Waals surface area (Å²) in [7, 11) is -1.86. The highest BCUT2D eigenvalue weighted by Gasteiger charge is 2.20. The smallest absolute Gasteiger partial charge is 0.267 e. The Labute approximate surface area is 167 Å². The van der Waals surface area contributed by atoms with Gasteiger partial charge in [0.25, 0.3) is 5.91 Å². The van der Waals surface area contributed by atoms with E-state index in [9.17, 15) is 13.2 Å². The second kappa shape index (κ2) is 9.38. The van der Waals surface area contributed by atoms with Gasteiger partial charge in [0.05, 0.1) is 11.9 Å². The third kappa shape index (κ3) is 6.08. The van der Waals surface area contributed by atoms with Gasteiger partial charge in [-0.2, -0.15) is 0 Å². The van der Waals surface area contributed by atoms with E-state index < -0.39 is 16.1 Å². The molecule has 0 saturated heterocycles. The van der Waals surface area contributed by atoms with Crippen LogP contribution in [0.4, 0.5) is 10.8 Å². The van der Waals surface area contributed by atoms with Crippen LogP contribution >= 0.6 is 23.1 Å². The van der Waals surface area contributed by atoms with Gasteiger partial charge in [-0.05, 0) is 36.4 Å². The molecule has 0 bridgehead atoms. The Kier molecular flexibility index (Phi) is 7.45. The summed E-state index contributed by atoms with van der Waals surface area (Å²) in [5, 5.41) is 11.1. The fourth-order valence-electron chi connectivity index (χ4n) is 2.04. The molecule has 0 fully saturated rings. The largest absolute Gasteiger partial charge is 0.481 e. The van der Waals surface area contributed by atoms with Crippen LogP contribution in [0.2, 0.25) is 0 Å². The number of nitrogens with one attached hydrogen (secondary N) is 1. The minimum atomic E-state index is -3.33. The highest BCUT2D eigenvalue weighted by Crippen LogP contribution is 2.26. The minimum Gasteiger partial charge on any atom is -0.481 e. The van der Waals surface area contributed by atoms with Gasteiger partial charge in [-0.25, -0.2) is 8.42 Å². The van der Waals surface area contributed by atoms with Gasteiger partial charge in [0.15, 0.2) is 10.4 Å². The molecular weight excluding hydrogens is 408 g/mol. The van der Waals surface area contributed by atoms with E-state index in [2.05, 4.69) is 15.5 Å². The predicted octanol–water partition coefficient (Wildman–Crippen LogP) is 2.84. The molecule has 1 N–H and O–H groups in total. The Hall–Kier alpha value is -1.85. The molecule has 1 atom stereocenters. The van der Waals surface area contributed by atoms with Crippen LogP contribution < -0.4 is 14.4 Å². The van der Waals surface area contributed by atoms with Crippen molar-refractivity contribution >= 4 is 49.8 Å². The summed E-state index contributed by atoms with van der Waals surface area (Å²) in [5.74, 6) is 1.05. The fraction of sp³-hybridized carbons (Fsp3) is 0.438. The Bertz CT molecular complexity index is 868. The average molecular weight is 431 g/mol. The summed E-state index contributed by atoms with van der Waals surface area (Å²) in [6.07, 6.45) is 0.897. The van der Waals surface area contributed by atoms with Crippen molar-refractivity contribution in [2.45, 2.75) is 30.7 Å². The molecule has 2 rings (SSSR count). The number of rotatable bonds is 9. The quantitative estimate of drug-likeness (QED) is 0.482. The van der Waals surface area contributed by atoms with E-state index in [1.165, 1.54) is 22.7 Å². The molecule has 1 aromatic carbocycles. The predicted molar refractivity (Wildman–Crippen MR) is 109 cm³/mol. The number of carbonyl (C=O) groups is 1. The molecule has 2 aromatic rings. The Balaban J connectivity index is 2.01. The third-order valence-corrected chi connectivity index (χ3v) is 6.60. The second-order valence-electron chi connectivity index (χ2n) is 5.53. The topological polar surface area (TPSA) is 101 Å². The van der Waals surface area contributed by atoms with Gasteiger partial charge in [0.1, 0.15) is 5.75 Å². The van der Waals surface area contributed by atoms with Crippen LogP contribution in [-0.2, 0) is 14.8 Å². The minimum absolute atomic E-state index is 0.306. The highest BCUT2D eigenvalue weighted by atomic mass is 32.2. The van der Waals surface area contributed by atoms with Crippen molar-refractivity contribution in [2.75, 3.05) is 28.7 Å². The van der Waals surface area contributed by atoms with Crippen molar-refractivity contribution in [3.63, 3.8) is 0 Å². The van der Waals surface area contributed by atoms with E-state index in [-0.39, 0.29) is 5.91 Å². The molecule has 1 amide bonds. The van der Waals surface area contributed by atoms with Gasteiger partial charge in [-0.3, -0.25) is 14.4 Å². The van der Waals surface area contributed by atoms with E-state index in [0.29, 0.717) is 23.0 Å². The molecule has 0 saturated carbocycles. The zero-order chi connectivity index (χ0) is 20.0. The second-order valence-corrected chi connectivity index (χ2v) is 10.0. The van der Waals surface area contributed by atoms with Crippen LogP contribution in [0, 0.1) is 0 Å². The number of hydrogen-bond donors (Lipinski definition) is 1. The lowest BCUT2D eigenvalue weighted by atomic mass is 10.2. The first-order chi connectivity index (χ1) is 12.7. The van der Waals surface area contributed by atoms with E-state index in [4.69, 9.17) is 4.74 Å². The van der Waals surface area contributed by atoms with Crippen molar-refractivity contribution < 1.29 is 17.9 Å². The Morgan fingerprint density at radius 3 is 2.52 bits per heavy atom. The molecule has 148 valence electrons. The van der Waals surface area contributed by atoms with Gasteiger partial charge in [0.2, 0.25) is 15.2 Å². The van der Waals surface area contributed by atoms with Crippen molar-refractivity contribution in [1.29, 1.82) is 0 Å². The molecular formula is C16H22N4O4S3. The van der Waals surface area contributed by atoms with Gasteiger partial charge in [-0.15, -0.1) is 10.2 Å². The van der Waals surface area contributed by atoms with E-state index >= 15 is 0 Å². The zero-order valence-electron chi connectivity index (χ0n) is 15.5. The van der Waals surface area contributed by atoms with E-state index in [1.807, 2.05) is 13.8 Å². The number of benzene rings is 1. The maximum atomic E-state index is 12.4. The normalized spacial score (nSPS) is 12.4. The van der Waals surface area contributed by atoms with Gasteiger partial charge >= 0.3 is 0 Å². The number of anilines is 2. The number of aromatic nitrogens is 2. The number of nitrogens with zero attached hydrogens (tertiary/aromatic N) is 3. The molecule has 0 aliphatic carbocycles. The van der Waals surface area contributed by atoms with Crippen molar-refractivity contribution in [2.24, 2.45) is 0 Å². The average Bonchev–Trinajstić information content (AvgIpc) is 3.06. The first-order valence-electron chi connectivity index (χ1n) is 8.22. The van der Waals surface area contributed by atoms with Crippen molar-refractivity contribution in [1.82, 2.24) is 10.2 Å². The lowest BCUT2D eigenvalue weighted by Gasteiger charge is -2.19. The Morgan fingerprint density at radius 2 is 1.96 bits per heavy atom. The summed E-state index contributed by atoms with van der Waals surface area (Å²) < 4.78 is 30.9. The number of sulfonamides is 1. The molecule has 27 heavy (non-hydrogen) atoms. The van der Waals surface area contributed by atoms with E-state index in [0.717, 1.165) is 16.3 Å². The molecule has 8 nitrogen and oxygen atoms in total.